The van der Waals surface area contributed by atoms with Gasteiger partial charge in [-0.1, -0.05) is 18.2 Å². The number of hydrogen-bond acceptors (Lipinski definition) is 3. The number of hydrogen-bond donors (Lipinski definition) is 1. The van der Waals surface area contributed by atoms with Crippen molar-refractivity contribution in [3.8, 4) is 0 Å². The van der Waals surface area contributed by atoms with Gasteiger partial charge in [0.15, 0.2) is 0 Å². The summed E-state index contributed by atoms with van der Waals surface area (Å²) < 4.78 is 0. The number of thioether (sulfide) groups is 1. The zero-order chi connectivity index (χ0) is 15.1. The molecule has 1 aromatic carbocycles. The number of para-hydroxylation sites is 1. The van der Waals surface area contributed by atoms with Gasteiger partial charge in [0.1, 0.15) is 0 Å². The van der Waals surface area contributed by atoms with Crippen LogP contribution in [0.15, 0.2) is 18.2 Å². The maximum atomic E-state index is 12.0. The first-order valence-electron chi connectivity index (χ1n) is 6.54. The van der Waals surface area contributed by atoms with Gasteiger partial charge in [0.2, 0.25) is 11.8 Å². The number of rotatable bonds is 6. The molecule has 1 rings (SSSR count). The van der Waals surface area contributed by atoms with Crippen molar-refractivity contribution in [1.29, 1.82) is 0 Å². The number of amides is 2. The number of nitrogens with one attached hydrogen (secondary N) is 1. The van der Waals surface area contributed by atoms with E-state index in [9.17, 15) is 9.59 Å². The number of carbonyl (C=O) groups is 2. The molecule has 5 heteroatoms. The van der Waals surface area contributed by atoms with Crippen LogP contribution in [0.1, 0.15) is 17.5 Å². The number of nitrogens with zero attached hydrogens (tertiary/aromatic N) is 1. The van der Waals surface area contributed by atoms with Crippen molar-refractivity contribution in [1.82, 2.24) is 4.90 Å². The Hall–Kier alpha value is -1.49. The highest BCUT2D eigenvalue weighted by Crippen LogP contribution is 2.19. The average molecular weight is 294 g/mol. The predicted molar refractivity (Wildman–Crippen MR) is 85.2 cm³/mol. The van der Waals surface area contributed by atoms with Gasteiger partial charge < -0.3 is 10.2 Å². The number of aryl methyl sites for hydroxylation is 2. The third-order valence-electron chi connectivity index (χ3n) is 3.07. The van der Waals surface area contributed by atoms with Crippen molar-refractivity contribution in [3.05, 3.63) is 29.3 Å². The van der Waals surface area contributed by atoms with Gasteiger partial charge in [-0.25, -0.2) is 0 Å². The smallest absolute Gasteiger partial charge is 0.243 e. The molecule has 0 aromatic heterocycles. The zero-order valence-corrected chi connectivity index (χ0v) is 13.3. The first-order chi connectivity index (χ1) is 9.45. The van der Waals surface area contributed by atoms with E-state index in [1.165, 1.54) is 4.90 Å². The summed E-state index contributed by atoms with van der Waals surface area (Å²) in [7, 11) is 1.66. The van der Waals surface area contributed by atoms with E-state index in [-0.39, 0.29) is 18.4 Å². The highest BCUT2D eigenvalue weighted by Gasteiger charge is 2.13. The van der Waals surface area contributed by atoms with E-state index in [4.69, 9.17) is 0 Å². The zero-order valence-electron chi connectivity index (χ0n) is 12.5. The molecular weight excluding hydrogens is 272 g/mol. The minimum absolute atomic E-state index is 0.00370. The van der Waals surface area contributed by atoms with E-state index in [1.807, 2.05) is 38.3 Å². The van der Waals surface area contributed by atoms with E-state index in [1.54, 1.807) is 18.8 Å². The quantitative estimate of drug-likeness (QED) is 0.877. The van der Waals surface area contributed by atoms with Crippen LogP contribution >= 0.6 is 11.8 Å². The normalized spacial score (nSPS) is 10.2. The molecule has 0 aliphatic carbocycles. The highest BCUT2D eigenvalue weighted by atomic mass is 32.2. The number of likely N-dealkylation sites (N-methyl/N-ethyl adjacent to an activating group) is 1. The second-order valence-electron chi connectivity index (χ2n) is 4.81. The second-order valence-corrected chi connectivity index (χ2v) is 5.79. The molecular formula is C15H22N2O2S. The lowest BCUT2D eigenvalue weighted by molar-refractivity contribution is -0.132. The summed E-state index contributed by atoms with van der Waals surface area (Å²) in [6, 6.07) is 5.87. The van der Waals surface area contributed by atoms with Crippen LogP contribution in [0, 0.1) is 13.8 Å². The maximum Gasteiger partial charge on any atom is 0.243 e. The van der Waals surface area contributed by atoms with Crippen molar-refractivity contribution < 1.29 is 9.59 Å². The van der Waals surface area contributed by atoms with Gasteiger partial charge in [-0.15, -0.1) is 0 Å². The molecule has 4 nitrogen and oxygen atoms in total. The van der Waals surface area contributed by atoms with Gasteiger partial charge in [0.05, 0.1) is 6.54 Å². The Bertz CT molecular complexity index is 469. The molecule has 0 atom stereocenters. The van der Waals surface area contributed by atoms with Gasteiger partial charge in [0.25, 0.3) is 0 Å². The van der Waals surface area contributed by atoms with Crippen LogP contribution in [0.25, 0.3) is 0 Å². The molecule has 1 aromatic rings. The van der Waals surface area contributed by atoms with Crippen molar-refractivity contribution in [2.45, 2.75) is 20.3 Å². The first kappa shape index (κ1) is 16.6. The summed E-state index contributed by atoms with van der Waals surface area (Å²) in [5.41, 5.74) is 2.88. The summed E-state index contributed by atoms with van der Waals surface area (Å²) in [4.78, 5) is 25.2. The summed E-state index contributed by atoms with van der Waals surface area (Å²) in [5.74, 6) is 0.611. The van der Waals surface area contributed by atoms with Gasteiger partial charge in [-0.3, -0.25) is 9.59 Å². The average Bonchev–Trinajstić information content (AvgIpc) is 2.40. The summed E-state index contributed by atoms with van der Waals surface area (Å²) >= 11 is 1.62. The molecule has 0 fully saturated rings. The topological polar surface area (TPSA) is 49.4 Å². The minimum Gasteiger partial charge on any atom is -0.336 e. The molecule has 1 N–H and O–H groups in total. The lowest BCUT2D eigenvalue weighted by Crippen LogP contribution is -2.35. The molecule has 0 spiro atoms. The fourth-order valence-electron chi connectivity index (χ4n) is 1.87. The molecule has 0 saturated carbocycles. The Balaban J connectivity index is 2.57. The van der Waals surface area contributed by atoms with E-state index in [2.05, 4.69) is 5.32 Å². The van der Waals surface area contributed by atoms with Crippen LogP contribution in [-0.2, 0) is 9.59 Å². The molecule has 0 aliphatic rings. The van der Waals surface area contributed by atoms with Gasteiger partial charge >= 0.3 is 0 Å². The van der Waals surface area contributed by atoms with Crippen LogP contribution in [0.2, 0.25) is 0 Å². The Morgan fingerprint density at radius 3 is 2.40 bits per heavy atom. The van der Waals surface area contributed by atoms with Gasteiger partial charge in [-0.2, -0.15) is 11.8 Å². The lowest BCUT2D eigenvalue weighted by atomic mass is 10.1. The standard InChI is InChI=1S/C15H22N2O2S/c1-11-6-5-7-12(2)15(11)16-13(18)10-17(3)14(19)8-9-20-4/h5-7H,8-10H2,1-4H3,(H,16,18). The van der Waals surface area contributed by atoms with Crippen LogP contribution in [0.5, 0.6) is 0 Å². The summed E-state index contributed by atoms with van der Waals surface area (Å²) in [6.07, 6.45) is 2.43. The number of anilines is 1. The molecule has 0 saturated heterocycles. The maximum absolute atomic E-state index is 12.0. The third kappa shape index (κ3) is 4.89. The fraction of sp³-hybridized carbons (Fsp3) is 0.467. The first-order valence-corrected chi connectivity index (χ1v) is 7.94. The van der Waals surface area contributed by atoms with E-state index in [0.717, 1.165) is 22.6 Å². The molecule has 0 radical (unpaired) electrons. The SMILES string of the molecule is CSCCC(=O)N(C)CC(=O)Nc1c(C)cccc1C. The van der Waals surface area contributed by atoms with E-state index in [0.29, 0.717) is 6.42 Å². The molecule has 2 amide bonds. The van der Waals surface area contributed by atoms with Crippen molar-refractivity contribution >= 4 is 29.3 Å². The molecule has 20 heavy (non-hydrogen) atoms. The molecule has 0 heterocycles. The minimum atomic E-state index is -0.164. The Kier molecular flexibility index (Phi) is 6.58. The van der Waals surface area contributed by atoms with Crippen LogP contribution in [-0.4, -0.2) is 42.3 Å². The summed E-state index contributed by atoms with van der Waals surface area (Å²) in [6.45, 7) is 3.99. The Morgan fingerprint density at radius 1 is 1.25 bits per heavy atom. The van der Waals surface area contributed by atoms with Crippen LogP contribution < -0.4 is 5.32 Å². The Morgan fingerprint density at radius 2 is 1.85 bits per heavy atom. The van der Waals surface area contributed by atoms with Gasteiger partial charge in [-0.05, 0) is 31.2 Å². The van der Waals surface area contributed by atoms with Crippen LogP contribution in [0.3, 0.4) is 0 Å². The number of carbonyl (C=O) groups excluding carboxylic acids is 2. The van der Waals surface area contributed by atoms with Crippen molar-refractivity contribution in [2.75, 3.05) is 30.9 Å². The third-order valence-corrected chi connectivity index (χ3v) is 3.68. The fourth-order valence-corrected chi connectivity index (χ4v) is 2.25. The largest absolute Gasteiger partial charge is 0.336 e. The second kappa shape index (κ2) is 7.94. The summed E-state index contributed by atoms with van der Waals surface area (Å²) in [5, 5.41) is 2.88. The molecule has 0 unspecified atom stereocenters. The molecule has 0 aliphatic heterocycles. The van der Waals surface area contributed by atoms with Gasteiger partial charge in [0, 0.05) is 24.9 Å². The van der Waals surface area contributed by atoms with Crippen molar-refractivity contribution in [3.63, 3.8) is 0 Å². The van der Waals surface area contributed by atoms with Crippen LogP contribution in [0.4, 0.5) is 5.69 Å². The highest BCUT2D eigenvalue weighted by molar-refractivity contribution is 7.98. The van der Waals surface area contributed by atoms with E-state index < -0.39 is 0 Å². The van der Waals surface area contributed by atoms with Crippen molar-refractivity contribution in [2.24, 2.45) is 0 Å². The predicted octanol–water partition coefficient (Wildman–Crippen LogP) is 2.45. The number of benzene rings is 1. The lowest BCUT2D eigenvalue weighted by Gasteiger charge is -2.18. The Labute approximate surface area is 124 Å². The monoisotopic (exact) mass is 294 g/mol. The van der Waals surface area contributed by atoms with E-state index >= 15 is 0 Å². The molecule has 0 bridgehead atoms. The molecule has 110 valence electrons.